The standard InChI is InChI=1S/C11H18N2O.ClH/c1-9(11-5-3-7-14-11)13-6-2-4-10(13)8-12;/h3,5,7,9-10H,2,4,6,8,12H2,1H3;1H. The fourth-order valence-corrected chi connectivity index (χ4v) is 2.31. The zero-order chi connectivity index (χ0) is 9.97. The average molecular weight is 231 g/mol. The number of hydrogen-bond donors (Lipinski definition) is 1. The van der Waals surface area contributed by atoms with Gasteiger partial charge < -0.3 is 10.2 Å². The number of nitrogens with zero attached hydrogens (tertiary/aromatic N) is 1. The molecule has 1 aliphatic heterocycles. The molecule has 1 aliphatic rings. The number of furan rings is 1. The van der Waals surface area contributed by atoms with Crippen molar-refractivity contribution in [2.75, 3.05) is 13.1 Å². The third-order valence-corrected chi connectivity index (χ3v) is 3.15. The van der Waals surface area contributed by atoms with Gasteiger partial charge in [0.1, 0.15) is 5.76 Å². The van der Waals surface area contributed by atoms with E-state index in [-0.39, 0.29) is 12.4 Å². The Kier molecular flexibility index (Phi) is 4.64. The fraction of sp³-hybridized carbons (Fsp3) is 0.636. The van der Waals surface area contributed by atoms with Gasteiger partial charge in [0.2, 0.25) is 0 Å². The first-order chi connectivity index (χ1) is 6.83. The van der Waals surface area contributed by atoms with Gasteiger partial charge in [0.05, 0.1) is 12.3 Å². The van der Waals surface area contributed by atoms with Crippen LogP contribution in [0.25, 0.3) is 0 Å². The molecular weight excluding hydrogens is 212 g/mol. The molecule has 0 amide bonds. The van der Waals surface area contributed by atoms with E-state index in [1.165, 1.54) is 12.8 Å². The van der Waals surface area contributed by atoms with Crippen LogP contribution in [0.3, 0.4) is 0 Å². The molecule has 1 aromatic rings. The molecule has 3 nitrogen and oxygen atoms in total. The average Bonchev–Trinajstić information content (AvgIpc) is 2.87. The van der Waals surface area contributed by atoms with Gasteiger partial charge in [-0.2, -0.15) is 0 Å². The first-order valence-corrected chi connectivity index (χ1v) is 5.32. The molecule has 0 aromatic carbocycles. The van der Waals surface area contributed by atoms with Crippen LogP contribution in [0.15, 0.2) is 22.8 Å². The Morgan fingerprint density at radius 2 is 2.47 bits per heavy atom. The second kappa shape index (κ2) is 5.54. The lowest BCUT2D eigenvalue weighted by molar-refractivity contribution is 0.176. The van der Waals surface area contributed by atoms with Gasteiger partial charge in [0.25, 0.3) is 0 Å². The highest BCUT2D eigenvalue weighted by atomic mass is 35.5. The van der Waals surface area contributed by atoms with Gasteiger partial charge in [-0.3, -0.25) is 4.90 Å². The van der Waals surface area contributed by atoms with Gasteiger partial charge in [0, 0.05) is 12.6 Å². The van der Waals surface area contributed by atoms with E-state index in [0.717, 1.165) is 18.8 Å². The van der Waals surface area contributed by atoms with Gasteiger partial charge in [-0.25, -0.2) is 0 Å². The highest BCUT2D eigenvalue weighted by Crippen LogP contribution is 2.28. The van der Waals surface area contributed by atoms with Crippen LogP contribution in [0.5, 0.6) is 0 Å². The summed E-state index contributed by atoms with van der Waals surface area (Å²) in [5.74, 6) is 1.05. The highest BCUT2D eigenvalue weighted by molar-refractivity contribution is 5.85. The molecule has 2 N–H and O–H groups in total. The van der Waals surface area contributed by atoms with Gasteiger partial charge in [-0.1, -0.05) is 0 Å². The molecule has 15 heavy (non-hydrogen) atoms. The van der Waals surface area contributed by atoms with Gasteiger partial charge in [0.15, 0.2) is 0 Å². The SMILES string of the molecule is CC(c1ccco1)N1CCCC1CN.Cl. The number of rotatable bonds is 3. The summed E-state index contributed by atoms with van der Waals surface area (Å²) in [6.45, 7) is 4.08. The minimum Gasteiger partial charge on any atom is -0.468 e. The van der Waals surface area contributed by atoms with Crippen molar-refractivity contribution in [1.82, 2.24) is 4.90 Å². The monoisotopic (exact) mass is 230 g/mol. The summed E-state index contributed by atoms with van der Waals surface area (Å²) in [5, 5.41) is 0. The largest absolute Gasteiger partial charge is 0.468 e. The summed E-state index contributed by atoms with van der Waals surface area (Å²) >= 11 is 0. The second-order valence-corrected chi connectivity index (χ2v) is 3.96. The molecule has 2 unspecified atom stereocenters. The maximum absolute atomic E-state index is 5.74. The van der Waals surface area contributed by atoms with Gasteiger partial charge in [-0.15, -0.1) is 12.4 Å². The van der Waals surface area contributed by atoms with Gasteiger partial charge in [-0.05, 0) is 38.4 Å². The van der Waals surface area contributed by atoms with Crippen LogP contribution in [-0.2, 0) is 0 Å². The minimum absolute atomic E-state index is 0. The van der Waals surface area contributed by atoms with E-state index < -0.39 is 0 Å². The van der Waals surface area contributed by atoms with E-state index >= 15 is 0 Å². The smallest absolute Gasteiger partial charge is 0.120 e. The number of hydrogen-bond acceptors (Lipinski definition) is 3. The molecule has 4 heteroatoms. The van der Waals surface area contributed by atoms with Crippen molar-refractivity contribution in [3.8, 4) is 0 Å². The second-order valence-electron chi connectivity index (χ2n) is 3.96. The summed E-state index contributed by atoms with van der Waals surface area (Å²) < 4.78 is 5.42. The molecule has 0 saturated carbocycles. The summed E-state index contributed by atoms with van der Waals surface area (Å²) in [5.41, 5.74) is 5.74. The van der Waals surface area contributed by atoms with E-state index in [1.807, 2.05) is 12.1 Å². The van der Waals surface area contributed by atoms with Crippen molar-refractivity contribution in [3.63, 3.8) is 0 Å². The van der Waals surface area contributed by atoms with E-state index in [9.17, 15) is 0 Å². The lowest BCUT2D eigenvalue weighted by Crippen LogP contribution is -2.37. The fourth-order valence-electron chi connectivity index (χ4n) is 2.31. The molecule has 0 bridgehead atoms. The maximum Gasteiger partial charge on any atom is 0.120 e. The van der Waals surface area contributed by atoms with Gasteiger partial charge >= 0.3 is 0 Å². The van der Waals surface area contributed by atoms with Crippen LogP contribution in [0.4, 0.5) is 0 Å². The first kappa shape index (κ1) is 12.6. The predicted octanol–water partition coefficient (Wildman–Crippen LogP) is 2.19. The number of likely N-dealkylation sites (tertiary alicyclic amines) is 1. The van der Waals surface area contributed by atoms with Crippen molar-refractivity contribution >= 4 is 12.4 Å². The van der Waals surface area contributed by atoms with E-state index in [0.29, 0.717) is 12.1 Å². The number of nitrogens with two attached hydrogens (primary N) is 1. The lowest BCUT2D eigenvalue weighted by atomic mass is 10.1. The third kappa shape index (κ3) is 2.54. The molecule has 1 aromatic heterocycles. The van der Waals surface area contributed by atoms with Crippen molar-refractivity contribution in [2.24, 2.45) is 5.73 Å². The molecule has 0 radical (unpaired) electrons. The molecule has 2 atom stereocenters. The Morgan fingerprint density at radius 3 is 3.07 bits per heavy atom. The quantitative estimate of drug-likeness (QED) is 0.866. The molecule has 1 saturated heterocycles. The topological polar surface area (TPSA) is 42.4 Å². The summed E-state index contributed by atoms with van der Waals surface area (Å²) in [6.07, 6.45) is 4.22. The normalized spacial score (nSPS) is 23.7. The van der Waals surface area contributed by atoms with E-state index in [1.54, 1.807) is 6.26 Å². The lowest BCUT2D eigenvalue weighted by Gasteiger charge is -2.28. The Bertz CT molecular complexity index is 276. The Hall–Kier alpha value is -0.510. The summed E-state index contributed by atoms with van der Waals surface area (Å²) in [6, 6.07) is 4.88. The maximum atomic E-state index is 5.74. The highest BCUT2D eigenvalue weighted by Gasteiger charge is 2.29. The van der Waals surface area contributed by atoms with Crippen molar-refractivity contribution in [1.29, 1.82) is 0 Å². The van der Waals surface area contributed by atoms with Crippen LogP contribution in [-0.4, -0.2) is 24.0 Å². The zero-order valence-corrected chi connectivity index (χ0v) is 9.87. The molecular formula is C11H19ClN2O. The van der Waals surface area contributed by atoms with Crippen LogP contribution in [0, 0.1) is 0 Å². The molecule has 1 fully saturated rings. The molecule has 0 aliphatic carbocycles. The van der Waals surface area contributed by atoms with Crippen LogP contribution in [0.2, 0.25) is 0 Å². The van der Waals surface area contributed by atoms with E-state index in [4.69, 9.17) is 10.2 Å². The minimum atomic E-state index is 0. The Morgan fingerprint density at radius 1 is 1.67 bits per heavy atom. The Labute approximate surface area is 97.0 Å². The third-order valence-electron chi connectivity index (χ3n) is 3.15. The van der Waals surface area contributed by atoms with Crippen molar-refractivity contribution in [3.05, 3.63) is 24.2 Å². The Balaban J connectivity index is 0.00000112. The number of halogens is 1. The van der Waals surface area contributed by atoms with Crippen LogP contribution in [0.1, 0.15) is 31.6 Å². The first-order valence-electron chi connectivity index (χ1n) is 5.32. The van der Waals surface area contributed by atoms with Crippen molar-refractivity contribution < 1.29 is 4.42 Å². The molecule has 2 rings (SSSR count). The summed E-state index contributed by atoms with van der Waals surface area (Å²) in [7, 11) is 0. The van der Waals surface area contributed by atoms with Crippen molar-refractivity contribution in [2.45, 2.75) is 31.8 Å². The predicted molar refractivity (Wildman–Crippen MR) is 63.2 cm³/mol. The van der Waals surface area contributed by atoms with Crippen LogP contribution >= 0.6 is 12.4 Å². The summed E-state index contributed by atoms with van der Waals surface area (Å²) in [4.78, 5) is 2.44. The zero-order valence-electron chi connectivity index (χ0n) is 9.06. The molecule has 86 valence electrons. The molecule has 0 spiro atoms. The van der Waals surface area contributed by atoms with E-state index in [2.05, 4.69) is 11.8 Å². The molecule has 2 heterocycles. The van der Waals surface area contributed by atoms with Crippen LogP contribution < -0.4 is 5.73 Å².